The number of carbonyl (C=O) groups excluding carboxylic acids is 2. The number of nitrogens with zero attached hydrogens (tertiary/aromatic N) is 2. The Balaban J connectivity index is 1.79. The first kappa shape index (κ1) is 22.1. The number of carbonyl (C=O) groups is 2. The summed E-state index contributed by atoms with van der Waals surface area (Å²) in [4.78, 5) is 27.2. The van der Waals surface area contributed by atoms with Gasteiger partial charge in [-0.05, 0) is 41.3 Å². The molecule has 0 radical (unpaired) electrons. The Labute approximate surface area is 198 Å². The number of methoxy groups -OCH3 is 2. The van der Waals surface area contributed by atoms with E-state index in [-0.39, 0.29) is 24.3 Å². The molecule has 1 unspecified atom stereocenters. The van der Waals surface area contributed by atoms with Crippen LogP contribution in [0.2, 0.25) is 0 Å². The fourth-order valence-electron chi connectivity index (χ4n) is 5.20. The van der Waals surface area contributed by atoms with Crippen molar-refractivity contribution in [1.82, 2.24) is 9.47 Å². The lowest BCUT2D eigenvalue weighted by Crippen LogP contribution is -2.33. The zero-order valence-electron chi connectivity index (χ0n) is 20.1. The molecule has 2 aliphatic rings. The van der Waals surface area contributed by atoms with Crippen molar-refractivity contribution in [2.75, 3.05) is 26.1 Å². The van der Waals surface area contributed by atoms with Crippen LogP contribution >= 0.6 is 0 Å². The third-order valence-electron chi connectivity index (χ3n) is 6.62. The molecule has 1 atom stereocenters. The monoisotopic (exact) mass is 459 g/mol. The average molecular weight is 460 g/mol. The normalized spacial score (nSPS) is 17.2. The lowest BCUT2D eigenvalue weighted by molar-refractivity contribution is -0.139. The topological polar surface area (TPSA) is 72.8 Å². The summed E-state index contributed by atoms with van der Waals surface area (Å²) < 4.78 is 13.3. The summed E-state index contributed by atoms with van der Waals surface area (Å²) in [6, 6.07) is 12.0. The molecule has 1 aromatic heterocycles. The number of anilines is 1. The summed E-state index contributed by atoms with van der Waals surface area (Å²) in [6.45, 7) is 6.91. The van der Waals surface area contributed by atoms with E-state index in [1.165, 1.54) is 11.8 Å². The number of imide groups is 1. The Morgan fingerprint density at radius 2 is 1.91 bits per heavy atom. The highest BCUT2D eigenvalue weighted by Crippen LogP contribution is 2.47. The van der Waals surface area contributed by atoms with E-state index >= 15 is 0 Å². The predicted octanol–water partition coefficient (Wildman–Crippen LogP) is 4.51. The molecule has 0 aliphatic carbocycles. The van der Waals surface area contributed by atoms with E-state index in [1.54, 1.807) is 14.2 Å². The van der Waals surface area contributed by atoms with Gasteiger partial charge in [0.05, 0.1) is 31.9 Å². The Morgan fingerprint density at radius 1 is 1.15 bits per heavy atom. The van der Waals surface area contributed by atoms with Crippen molar-refractivity contribution in [2.45, 2.75) is 33.2 Å². The maximum absolute atomic E-state index is 13.6. The standard InChI is InChI=1S/C27H29N3O4/c1-15(2)12-29-13-18-24(17-9-10-22(33-4)23(11-17)34-5)26-20(14-30(16(3)31)27(26)32)28-19-7-6-8-21(29)25(18)19/h6-11,13,15,24,28H,12,14H2,1-5H3. The van der Waals surface area contributed by atoms with Crippen molar-refractivity contribution in [3.05, 3.63) is 65.0 Å². The van der Waals surface area contributed by atoms with Crippen molar-refractivity contribution in [1.29, 1.82) is 0 Å². The van der Waals surface area contributed by atoms with E-state index in [2.05, 4.69) is 36.0 Å². The van der Waals surface area contributed by atoms with E-state index in [1.807, 2.05) is 30.3 Å². The molecule has 2 aliphatic heterocycles. The van der Waals surface area contributed by atoms with Crippen molar-refractivity contribution in [2.24, 2.45) is 5.92 Å². The first-order chi connectivity index (χ1) is 16.3. The highest BCUT2D eigenvalue weighted by molar-refractivity contribution is 6.11. The highest BCUT2D eigenvalue weighted by atomic mass is 16.5. The minimum Gasteiger partial charge on any atom is -0.493 e. The van der Waals surface area contributed by atoms with Crippen LogP contribution in [0.25, 0.3) is 10.9 Å². The van der Waals surface area contributed by atoms with Crippen molar-refractivity contribution >= 4 is 28.4 Å². The molecule has 2 aromatic carbocycles. The quantitative estimate of drug-likeness (QED) is 0.608. The van der Waals surface area contributed by atoms with Gasteiger partial charge in [0.1, 0.15) is 0 Å². The third kappa shape index (κ3) is 3.34. The van der Waals surface area contributed by atoms with Crippen molar-refractivity contribution in [3.8, 4) is 11.5 Å². The number of benzene rings is 2. The average Bonchev–Trinajstić information content (AvgIpc) is 3.28. The molecule has 0 fully saturated rings. The molecule has 2 amide bonds. The zero-order valence-corrected chi connectivity index (χ0v) is 20.1. The maximum atomic E-state index is 13.6. The van der Waals surface area contributed by atoms with Gasteiger partial charge in [-0.15, -0.1) is 0 Å². The van der Waals surface area contributed by atoms with E-state index < -0.39 is 0 Å². The number of aromatic nitrogens is 1. The van der Waals surface area contributed by atoms with Crippen LogP contribution in [-0.4, -0.2) is 42.0 Å². The Kier molecular flexibility index (Phi) is 5.35. The highest BCUT2D eigenvalue weighted by Gasteiger charge is 2.41. The lowest BCUT2D eigenvalue weighted by atomic mass is 9.84. The lowest BCUT2D eigenvalue weighted by Gasteiger charge is -2.20. The van der Waals surface area contributed by atoms with Gasteiger partial charge in [-0.2, -0.15) is 0 Å². The fraction of sp³-hybridized carbons (Fsp3) is 0.333. The van der Waals surface area contributed by atoms with Crippen molar-refractivity contribution < 1.29 is 19.1 Å². The van der Waals surface area contributed by atoms with Crippen LogP contribution in [0.3, 0.4) is 0 Å². The number of ether oxygens (including phenoxy) is 2. The molecule has 7 nitrogen and oxygen atoms in total. The molecule has 3 aromatic rings. The van der Waals surface area contributed by atoms with Crippen LogP contribution in [-0.2, 0) is 16.1 Å². The molecule has 0 saturated heterocycles. The zero-order chi connectivity index (χ0) is 24.1. The largest absolute Gasteiger partial charge is 0.493 e. The van der Waals surface area contributed by atoms with Crippen LogP contribution in [0.5, 0.6) is 11.5 Å². The molecule has 7 heteroatoms. The fourth-order valence-corrected chi connectivity index (χ4v) is 5.20. The number of amides is 2. The predicted molar refractivity (Wildman–Crippen MR) is 131 cm³/mol. The molecule has 0 saturated carbocycles. The molecule has 0 spiro atoms. The summed E-state index contributed by atoms with van der Waals surface area (Å²) in [6.07, 6.45) is 2.16. The van der Waals surface area contributed by atoms with Crippen LogP contribution in [0.1, 0.15) is 37.8 Å². The molecule has 176 valence electrons. The Bertz CT molecular complexity index is 1350. The van der Waals surface area contributed by atoms with Gasteiger partial charge in [-0.3, -0.25) is 14.5 Å². The first-order valence-corrected chi connectivity index (χ1v) is 11.5. The summed E-state index contributed by atoms with van der Waals surface area (Å²) in [5, 5.41) is 4.61. The molecule has 0 bridgehead atoms. The number of hydrogen-bond acceptors (Lipinski definition) is 5. The number of rotatable bonds is 5. The molecule has 3 heterocycles. The molecule has 34 heavy (non-hydrogen) atoms. The number of nitrogens with one attached hydrogen (secondary N) is 1. The van der Waals surface area contributed by atoms with Crippen molar-refractivity contribution in [3.63, 3.8) is 0 Å². The van der Waals surface area contributed by atoms with Gasteiger partial charge in [0, 0.05) is 42.4 Å². The van der Waals surface area contributed by atoms with Gasteiger partial charge >= 0.3 is 0 Å². The first-order valence-electron chi connectivity index (χ1n) is 11.5. The van der Waals surface area contributed by atoms with E-state index in [0.29, 0.717) is 23.0 Å². The second-order valence-electron chi connectivity index (χ2n) is 9.31. The van der Waals surface area contributed by atoms with E-state index in [0.717, 1.165) is 40.0 Å². The van der Waals surface area contributed by atoms with Gasteiger partial charge in [-0.25, -0.2) is 0 Å². The Morgan fingerprint density at radius 3 is 2.59 bits per heavy atom. The van der Waals surface area contributed by atoms with Gasteiger partial charge in [0.15, 0.2) is 11.5 Å². The minimum absolute atomic E-state index is 0.236. The molecular weight excluding hydrogens is 430 g/mol. The molecule has 5 rings (SSSR count). The van der Waals surface area contributed by atoms with Crippen LogP contribution in [0.4, 0.5) is 5.69 Å². The van der Waals surface area contributed by atoms with Crippen LogP contribution in [0, 0.1) is 5.92 Å². The summed E-state index contributed by atoms with van der Waals surface area (Å²) >= 11 is 0. The van der Waals surface area contributed by atoms with Gasteiger partial charge in [0.25, 0.3) is 5.91 Å². The van der Waals surface area contributed by atoms with Crippen LogP contribution in [0.15, 0.2) is 53.9 Å². The van der Waals surface area contributed by atoms with Gasteiger partial charge < -0.3 is 19.4 Å². The minimum atomic E-state index is -0.362. The third-order valence-corrected chi connectivity index (χ3v) is 6.62. The van der Waals surface area contributed by atoms with E-state index in [4.69, 9.17) is 9.47 Å². The molecule has 1 N–H and O–H groups in total. The van der Waals surface area contributed by atoms with Gasteiger partial charge in [-0.1, -0.05) is 26.0 Å². The smallest absolute Gasteiger partial charge is 0.259 e. The summed E-state index contributed by atoms with van der Waals surface area (Å²) in [5.74, 6) is 0.795. The summed E-state index contributed by atoms with van der Waals surface area (Å²) in [7, 11) is 3.20. The maximum Gasteiger partial charge on any atom is 0.259 e. The summed E-state index contributed by atoms with van der Waals surface area (Å²) in [5.41, 5.74) is 5.38. The van der Waals surface area contributed by atoms with E-state index in [9.17, 15) is 9.59 Å². The second kappa shape index (κ2) is 8.24. The SMILES string of the molecule is COc1ccc(C2C3=C(CN(C(C)=O)C3=O)Nc3cccc4c3c2cn4CC(C)C)cc1OC. The second-order valence-corrected chi connectivity index (χ2v) is 9.31. The Hall–Kier alpha value is -3.74. The molecular formula is C27H29N3O4. The van der Waals surface area contributed by atoms with Crippen LogP contribution < -0.4 is 14.8 Å². The number of hydrogen-bond donors (Lipinski definition) is 1. The van der Waals surface area contributed by atoms with Gasteiger partial charge in [0.2, 0.25) is 5.91 Å².